The Morgan fingerprint density at radius 2 is 1.85 bits per heavy atom. The van der Waals surface area contributed by atoms with Gasteiger partial charge in [-0.15, -0.1) is 0 Å². The van der Waals surface area contributed by atoms with Crippen molar-refractivity contribution in [1.29, 1.82) is 0 Å². The van der Waals surface area contributed by atoms with Crippen LogP contribution in [0, 0.1) is 5.41 Å². The molecule has 5 rings (SSSR count). The molecule has 1 amide bonds. The number of alkyl halides is 3. The second kappa shape index (κ2) is 8.32. The van der Waals surface area contributed by atoms with Gasteiger partial charge in [-0.3, -0.25) is 4.79 Å². The van der Waals surface area contributed by atoms with Gasteiger partial charge >= 0.3 is 6.18 Å². The summed E-state index contributed by atoms with van der Waals surface area (Å²) >= 11 is 0. The Balaban J connectivity index is 1.40. The van der Waals surface area contributed by atoms with E-state index >= 15 is 0 Å². The lowest BCUT2D eigenvalue weighted by atomic mass is 9.81. The molecule has 1 fully saturated rings. The Hall–Kier alpha value is -3.59. The third-order valence-electron chi connectivity index (χ3n) is 6.45. The highest BCUT2D eigenvalue weighted by Crippen LogP contribution is 2.34. The molecule has 2 aromatic heterocycles. The van der Waals surface area contributed by atoms with Crippen molar-refractivity contribution in [3.63, 3.8) is 0 Å². The maximum atomic E-state index is 13.0. The number of anilines is 1. The molecule has 6 nitrogen and oxygen atoms in total. The Labute approximate surface area is 193 Å². The van der Waals surface area contributed by atoms with Crippen LogP contribution in [0.3, 0.4) is 0 Å². The molecular weight excluding hydrogens is 445 g/mol. The second-order valence-corrected chi connectivity index (χ2v) is 8.81. The number of carbonyl (C=O) groups excluding carboxylic acids is 1. The standard InChI is InChI=1S/C25H23F3N4O2/c1-24(8-10-34-11-9-24)23(33)31-22-14-29-21-7-2-16(12-20(21)22)17-13-30-32(15-17)19-5-3-18(4-6-19)25(26,27)28/h2-7,12-15,29H,8-11H2,1H3,(H,31,33). The molecule has 0 atom stereocenters. The molecular formula is C25H23F3N4O2. The number of carbonyl (C=O) groups is 1. The van der Waals surface area contributed by atoms with Gasteiger partial charge in [-0.2, -0.15) is 18.3 Å². The van der Waals surface area contributed by atoms with Crippen LogP contribution in [0.5, 0.6) is 0 Å². The number of ether oxygens (including phenoxy) is 1. The first-order valence-electron chi connectivity index (χ1n) is 11.0. The van der Waals surface area contributed by atoms with Gasteiger partial charge in [-0.25, -0.2) is 4.68 Å². The Morgan fingerprint density at radius 3 is 2.56 bits per heavy atom. The van der Waals surface area contributed by atoms with Crippen molar-refractivity contribution in [2.45, 2.75) is 25.9 Å². The van der Waals surface area contributed by atoms with E-state index < -0.39 is 17.2 Å². The van der Waals surface area contributed by atoms with Gasteiger partial charge in [-0.05, 0) is 54.8 Å². The van der Waals surface area contributed by atoms with Gasteiger partial charge < -0.3 is 15.0 Å². The van der Waals surface area contributed by atoms with Crippen LogP contribution in [0.25, 0.3) is 27.7 Å². The highest BCUT2D eigenvalue weighted by Gasteiger charge is 2.35. The highest BCUT2D eigenvalue weighted by atomic mass is 19.4. The van der Waals surface area contributed by atoms with Crippen molar-refractivity contribution >= 4 is 22.5 Å². The molecule has 3 heterocycles. The quantitative estimate of drug-likeness (QED) is 0.398. The molecule has 1 saturated heterocycles. The lowest BCUT2D eigenvalue weighted by molar-refractivity contribution is -0.137. The van der Waals surface area contributed by atoms with Gasteiger partial charge in [0.2, 0.25) is 5.91 Å². The van der Waals surface area contributed by atoms with Gasteiger partial charge in [0.25, 0.3) is 0 Å². The van der Waals surface area contributed by atoms with E-state index in [0.29, 0.717) is 37.4 Å². The van der Waals surface area contributed by atoms with Crippen molar-refractivity contribution in [3.8, 4) is 16.8 Å². The molecule has 0 radical (unpaired) electrons. The lowest BCUT2D eigenvalue weighted by Crippen LogP contribution is -2.38. The molecule has 0 unspecified atom stereocenters. The number of rotatable bonds is 4. The number of benzene rings is 2. The Morgan fingerprint density at radius 1 is 1.12 bits per heavy atom. The molecule has 1 aliphatic heterocycles. The summed E-state index contributed by atoms with van der Waals surface area (Å²) in [6, 6.07) is 10.7. The number of fused-ring (bicyclic) bond motifs is 1. The first kappa shape index (κ1) is 22.2. The fourth-order valence-electron chi connectivity index (χ4n) is 4.14. The normalized spacial score (nSPS) is 16.0. The molecule has 2 aromatic carbocycles. The number of hydrogen-bond donors (Lipinski definition) is 2. The van der Waals surface area contributed by atoms with Gasteiger partial charge in [0.1, 0.15) is 0 Å². The molecule has 0 bridgehead atoms. The summed E-state index contributed by atoms with van der Waals surface area (Å²) in [5.74, 6) is -0.0303. The van der Waals surface area contributed by atoms with Crippen LogP contribution in [0.4, 0.5) is 18.9 Å². The van der Waals surface area contributed by atoms with E-state index in [1.165, 1.54) is 16.8 Å². The molecule has 0 aliphatic carbocycles. The van der Waals surface area contributed by atoms with Crippen LogP contribution in [0.15, 0.2) is 61.1 Å². The Kier molecular flexibility index (Phi) is 5.44. The molecule has 1 aliphatic rings. The molecule has 9 heteroatoms. The fourth-order valence-corrected chi connectivity index (χ4v) is 4.14. The number of halogens is 3. The van der Waals surface area contributed by atoms with Crippen molar-refractivity contribution in [2.75, 3.05) is 18.5 Å². The zero-order chi connectivity index (χ0) is 23.9. The summed E-state index contributed by atoms with van der Waals surface area (Å²) in [4.78, 5) is 16.2. The average molecular weight is 468 g/mol. The molecule has 34 heavy (non-hydrogen) atoms. The summed E-state index contributed by atoms with van der Waals surface area (Å²) in [5, 5.41) is 8.24. The van der Waals surface area contributed by atoms with Crippen molar-refractivity contribution in [1.82, 2.24) is 14.8 Å². The molecule has 4 aromatic rings. The van der Waals surface area contributed by atoms with Crippen LogP contribution < -0.4 is 5.32 Å². The fraction of sp³-hybridized carbons (Fsp3) is 0.280. The largest absolute Gasteiger partial charge is 0.416 e. The summed E-state index contributed by atoms with van der Waals surface area (Å²) in [6.45, 7) is 3.11. The number of nitrogens with one attached hydrogen (secondary N) is 2. The van der Waals surface area contributed by atoms with E-state index in [-0.39, 0.29) is 5.91 Å². The summed E-state index contributed by atoms with van der Waals surface area (Å²) < 4.78 is 45.4. The number of nitrogens with zero attached hydrogens (tertiary/aromatic N) is 2. The predicted molar refractivity (Wildman–Crippen MR) is 123 cm³/mol. The SMILES string of the molecule is CC1(C(=O)Nc2c[nH]c3ccc(-c4cnn(-c5ccc(C(F)(F)F)cc5)c4)cc23)CCOCC1. The summed E-state index contributed by atoms with van der Waals surface area (Å²) in [5.41, 5.74) is 2.61. The van der Waals surface area contributed by atoms with Crippen molar-refractivity contribution in [2.24, 2.45) is 5.41 Å². The van der Waals surface area contributed by atoms with E-state index in [1.54, 1.807) is 18.6 Å². The Bertz CT molecular complexity index is 1330. The van der Waals surface area contributed by atoms with Gasteiger partial charge in [0.05, 0.1) is 28.6 Å². The maximum absolute atomic E-state index is 13.0. The minimum absolute atomic E-state index is 0.0303. The highest BCUT2D eigenvalue weighted by molar-refractivity contribution is 6.04. The monoisotopic (exact) mass is 468 g/mol. The number of aromatic nitrogens is 3. The predicted octanol–water partition coefficient (Wildman–Crippen LogP) is 5.79. The summed E-state index contributed by atoms with van der Waals surface area (Å²) in [7, 11) is 0. The minimum atomic E-state index is -4.38. The van der Waals surface area contributed by atoms with E-state index in [0.717, 1.165) is 34.2 Å². The second-order valence-electron chi connectivity index (χ2n) is 8.81. The third-order valence-corrected chi connectivity index (χ3v) is 6.45. The van der Waals surface area contributed by atoms with E-state index in [4.69, 9.17) is 4.74 Å². The number of H-pyrrole nitrogens is 1. The van der Waals surface area contributed by atoms with E-state index in [1.807, 2.05) is 25.1 Å². The van der Waals surface area contributed by atoms with Crippen LogP contribution >= 0.6 is 0 Å². The van der Waals surface area contributed by atoms with Crippen LogP contribution in [-0.4, -0.2) is 33.9 Å². The average Bonchev–Trinajstić information content (AvgIpc) is 3.47. The van der Waals surface area contributed by atoms with Crippen LogP contribution in [0.2, 0.25) is 0 Å². The van der Waals surface area contributed by atoms with Gasteiger partial charge in [0.15, 0.2) is 0 Å². The van der Waals surface area contributed by atoms with E-state index in [2.05, 4.69) is 15.4 Å². The topological polar surface area (TPSA) is 71.9 Å². The third kappa shape index (κ3) is 4.19. The zero-order valence-corrected chi connectivity index (χ0v) is 18.4. The number of hydrogen-bond acceptors (Lipinski definition) is 3. The first-order chi connectivity index (χ1) is 16.2. The zero-order valence-electron chi connectivity index (χ0n) is 18.4. The van der Waals surface area contributed by atoms with Gasteiger partial charge in [0, 0.05) is 42.1 Å². The first-order valence-corrected chi connectivity index (χ1v) is 11.0. The molecule has 2 N–H and O–H groups in total. The lowest BCUT2D eigenvalue weighted by Gasteiger charge is -2.31. The van der Waals surface area contributed by atoms with Crippen molar-refractivity contribution < 1.29 is 22.7 Å². The number of aromatic amines is 1. The maximum Gasteiger partial charge on any atom is 0.416 e. The van der Waals surface area contributed by atoms with Gasteiger partial charge in [-0.1, -0.05) is 13.0 Å². The minimum Gasteiger partial charge on any atom is -0.381 e. The summed E-state index contributed by atoms with van der Waals surface area (Å²) in [6.07, 6.45) is 2.17. The smallest absolute Gasteiger partial charge is 0.381 e. The number of amides is 1. The van der Waals surface area contributed by atoms with E-state index in [9.17, 15) is 18.0 Å². The molecule has 176 valence electrons. The molecule has 0 saturated carbocycles. The van der Waals surface area contributed by atoms with Crippen molar-refractivity contribution in [3.05, 3.63) is 66.6 Å². The molecule has 0 spiro atoms. The van der Waals surface area contributed by atoms with Crippen LogP contribution in [-0.2, 0) is 15.7 Å². The van der Waals surface area contributed by atoms with Crippen LogP contribution in [0.1, 0.15) is 25.3 Å².